The Morgan fingerprint density at radius 3 is 2.33 bits per heavy atom. The minimum Gasteiger partial charge on any atom is -0.469 e. The van der Waals surface area contributed by atoms with E-state index in [2.05, 4.69) is 15.2 Å². The van der Waals surface area contributed by atoms with Crippen LogP contribution in [0.2, 0.25) is 0 Å². The first-order valence-electron chi connectivity index (χ1n) is 22.4. The lowest BCUT2D eigenvalue weighted by Gasteiger charge is -2.47. The number of methoxy groups -OCH3 is 1. The van der Waals surface area contributed by atoms with Crippen molar-refractivity contribution in [2.75, 3.05) is 27.7 Å². The van der Waals surface area contributed by atoms with E-state index in [9.17, 15) is 30.0 Å². The van der Waals surface area contributed by atoms with Gasteiger partial charge in [0.2, 0.25) is 0 Å². The summed E-state index contributed by atoms with van der Waals surface area (Å²) in [6.45, 7) is 18.3. The van der Waals surface area contributed by atoms with E-state index in [4.69, 9.17) is 18.9 Å². The number of likely N-dealkylation sites (N-methyl/N-ethyl adjacent to an activating group) is 2. The fraction of sp³-hybridized carbons (Fsp3) is 0.783. The van der Waals surface area contributed by atoms with Crippen molar-refractivity contribution in [3.8, 4) is 11.3 Å². The molecule has 1 aromatic carbocycles. The molecular weight excluding hydrogens is 783 g/mol. The molecule has 0 amide bonds. The molecule has 0 unspecified atom stereocenters. The van der Waals surface area contributed by atoms with Gasteiger partial charge in [0.15, 0.2) is 6.29 Å². The maximum atomic E-state index is 13.7. The molecule has 2 aliphatic rings. The van der Waals surface area contributed by atoms with Crippen molar-refractivity contribution in [1.82, 2.24) is 24.8 Å². The number of aryl methyl sites for hydroxylation is 1. The number of cyclic esters (lactones) is 1. The lowest BCUT2D eigenvalue weighted by molar-refractivity contribution is -0.298. The molecule has 3 heterocycles. The molecule has 2 aliphatic heterocycles. The van der Waals surface area contributed by atoms with Crippen molar-refractivity contribution in [3.05, 3.63) is 36.0 Å². The molecule has 0 aliphatic carbocycles. The highest BCUT2D eigenvalue weighted by molar-refractivity contribution is 5.72. The molecule has 346 valence electrons. The van der Waals surface area contributed by atoms with Crippen LogP contribution in [0.5, 0.6) is 0 Å². The van der Waals surface area contributed by atoms with E-state index in [0.717, 1.165) is 36.1 Å². The smallest absolute Gasteiger partial charge is 0.309 e. The van der Waals surface area contributed by atoms with Gasteiger partial charge in [-0.05, 0) is 97.2 Å². The van der Waals surface area contributed by atoms with Gasteiger partial charge in [0.05, 0.1) is 37.0 Å². The van der Waals surface area contributed by atoms with E-state index >= 15 is 0 Å². The van der Waals surface area contributed by atoms with Gasteiger partial charge in [-0.3, -0.25) is 19.2 Å². The van der Waals surface area contributed by atoms with Crippen LogP contribution >= 0.6 is 0 Å². The van der Waals surface area contributed by atoms with Crippen LogP contribution in [0.1, 0.15) is 113 Å². The topological polar surface area (TPSA) is 189 Å². The summed E-state index contributed by atoms with van der Waals surface area (Å²) in [6.07, 6.45) is 0.724. The Morgan fingerprint density at radius 2 is 1.69 bits per heavy atom. The molecule has 0 saturated carbocycles. The van der Waals surface area contributed by atoms with Crippen LogP contribution in [-0.2, 0) is 41.6 Å². The second kappa shape index (κ2) is 22.1. The normalized spacial score (nSPS) is 36.2. The number of rotatable bonds is 13. The summed E-state index contributed by atoms with van der Waals surface area (Å²) in [5.41, 5.74) is -0.353. The maximum Gasteiger partial charge on any atom is 0.309 e. The Kier molecular flexibility index (Phi) is 18.3. The average Bonchev–Trinajstić information content (AvgIpc) is 3.69. The summed E-state index contributed by atoms with van der Waals surface area (Å²) in [7, 11) is 5.25. The van der Waals surface area contributed by atoms with Gasteiger partial charge in [-0.2, -0.15) is 0 Å². The molecule has 0 spiro atoms. The molecule has 15 nitrogen and oxygen atoms in total. The predicted octanol–water partition coefficient (Wildman–Crippen LogP) is 4.81. The van der Waals surface area contributed by atoms with Gasteiger partial charge >= 0.3 is 11.9 Å². The summed E-state index contributed by atoms with van der Waals surface area (Å²) >= 11 is 0. The molecule has 0 bridgehead atoms. The number of unbranched alkanes of at least 4 members (excludes halogenated alkanes) is 2. The summed E-state index contributed by atoms with van der Waals surface area (Å²) in [5, 5.41) is 56.0. The Labute approximate surface area is 364 Å². The number of aliphatic hydroxyl groups is 4. The van der Waals surface area contributed by atoms with Gasteiger partial charge < -0.3 is 44.3 Å². The number of benzene rings is 1. The van der Waals surface area contributed by atoms with Crippen molar-refractivity contribution in [3.63, 3.8) is 0 Å². The van der Waals surface area contributed by atoms with Gasteiger partial charge in [-0.1, -0.05) is 70.5 Å². The van der Waals surface area contributed by atoms with Gasteiger partial charge in [0, 0.05) is 43.7 Å². The number of hydrogen-bond donors (Lipinski definition) is 4. The first-order chi connectivity index (χ1) is 28.6. The zero-order chi connectivity index (χ0) is 45.4. The standard InChI is InChI=1S/C46H77N5O10/c1-13-38-46(9,57)41(54)33(7)49(10)25-28(2)24-45(8,56)42(31(5)30(4)32(6)43(55)60-38)61-44-40(53)37(23-29(3)59-44)50(11)26-34-18-20-35(21-19-34)36-27-51(48-47-36)22-16-14-15-17-39(52)58-12/h18-21,27-33,37-38,40-42,44,53-54,56-57H,13-17,22-26H2,1-12H3/t28-,29-,30+,31+,32-,33-,37+,38-,40+,41-,42-,44+,45-,46-/m1/s1. The minimum atomic E-state index is -1.70. The van der Waals surface area contributed by atoms with Crippen molar-refractivity contribution in [1.29, 1.82) is 0 Å². The quantitative estimate of drug-likeness (QED) is 0.159. The number of nitrogens with zero attached hydrogens (tertiary/aromatic N) is 5. The van der Waals surface area contributed by atoms with Crippen LogP contribution in [0.25, 0.3) is 11.3 Å². The van der Waals surface area contributed by atoms with E-state index in [-0.39, 0.29) is 30.0 Å². The zero-order valence-corrected chi connectivity index (χ0v) is 38.9. The first-order valence-corrected chi connectivity index (χ1v) is 22.4. The Morgan fingerprint density at radius 1 is 1.02 bits per heavy atom. The molecule has 14 atom stereocenters. The number of aliphatic hydroxyl groups excluding tert-OH is 2. The largest absolute Gasteiger partial charge is 0.469 e. The summed E-state index contributed by atoms with van der Waals surface area (Å²) in [5.74, 6) is -2.17. The number of aromatic nitrogens is 3. The van der Waals surface area contributed by atoms with Crippen LogP contribution in [-0.4, -0.2) is 145 Å². The summed E-state index contributed by atoms with van der Waals surface area (Å²) in [6, 6.07) is 7.32. The highest BCUT2D eigenvalue weighted by atomic mass is 16.7. The molecule has 2 fully saturated rings. The molecule has 61 heavy (non-hydrogen) atoms. The molecular formula is C46H77N5O10. The Balaban J connectivity index is 1.49. The number of carbonyl (C=O) groups is 2. The molecule has 2 saturated heterocycles. The van der Waals surface area contributed by atoms with E-state index in [1.807, 2.05) is 95.7 Å². The van der Waals surface area contributed by atoms with Crippen LogP contribution in [0.15, 0.2) is 30.5 Å². The van der Waals surface area contributed by atoms with Gasteiger partial charge in [-0.15, -0.1) is 5.10 Å². The van der Waals surface area contributed by atoms with E-state index in [1.165, 1.54) is 14.0 Å². The summed E-state index contributed by atoms with van der Waals surface area (Å²) in [4.78, 5) is 29.2. The Hall–Kier alpha value is -3.02. The highest BCUT2D eigenvalue weighted by Gasteiger charge is 2.49. The first kappa shape index (κ1) is 50.6. The fourth-order valence-corrected chi connectivity index (χ4v) is 9.38. The number of carbonyl (C=O) groups excluding carboxylic acids is 2. The lowest BCUT2D eigenvalue weighted by Crippen LogP contribution is -2.59. The molecule has 4 N–H and O–H groups in total. The lowest BCUT2D eigenvalue weighted by atomic mass is 9.74. The molecule has 4 rings (SSSR count). The third kappa shape index (κ3) is 13.0. The van der Waals surface area contributed by atoms with E-state index in [0.29, 0.717) is 45.3 Å². The second-order valence-electron chi connectivity index (χ2n) is 18.9. The van der Waals surface area contributed by atoms with Gasteiger partial charge in [0.1, 0.15) is 29.6 Å². The van der Waals surface area contributed by atoms with Crippen molar-refractivity contribution in [2.24, 2.45) is 23.7 Å². The third-order valence-electron chi connectivity index (χ3n) is 13.6. The molecule has 0 radical (unpaired) electrons. The fourth-order valence-electron chi connectivity index (χ4n) is 9.38. The van der Waals surface area contributed by atoms with Crippen molar-refractivity contribution in [2.45, 2.75) is 180 Å². The van der Waals surface area contributed by atoms with E-state index in [1.54, 1.807) is 13.8 Å². The maximum absolute atomic E-state index is 13.7. The van der Waals surface area contributed by atoms with Crippen LogP contribution in [0.4, 0.5) is 0 Å². The number of hydrogen-bond acceptors (Lipinski definition) is 14. The SMILES string of the molecule is CC[C@H]1OC(=O)[C@H](C)[C@@H](C)[C@H](C)[C@@H](O[C@@H]2O[C@H](C)C[C@H](N(C)Cc3ccc(-c4cn(CCCCCC(=O)OC)nn4)cc3)[C@@H]2O)[C@](C)(O)C[C@@H](C)CN(C)[C@H](C)[C@@H](O)[C@]1(C)O. The highest BCUT2D eigenvalue weighted by Crippen LogP contribution is 2.39. The minimum absolute atomic E-state index is 0.0700. The number of ether oxygens (including phenoxy) is 4. The second-order valence-corrected chi connectivity index (χ2v) is 18.9. The molecule has 1 aromatic heterocycles. The zero-order valence-electron chi connectivity index (χ0n) is 38.9. The van der Waals surface area contributed by atoms with Crippen molar-refractivity contribution >= 4 is 11.9 Å². The van der Waals surface area contributed by atoms with Crippen LogP contribution in [0.3, 0.4) is 0 Å². The van der Waals surface area contributed by atoms with Crippen LogP contribution < -0.4 is 0 Å². The predicted molar refractivity (Wildman–Crippen MR) is 232 cm³/mol. The van der Waals surface area contributed by atoms with Gasteiger partial charge in [0.25, 0.3) is 0 Å². The molecule has 15 heteroatoms. The van der Waals surface area contributed by atoms with Crippen LogP contribution in [0, 0.1) is 23.7 Å². The Bertz CT molecular complexity index is 1670. The number of esters is 2. The van der Waals surface area contributed by atoms with Crippen molar-refractivity contribution < 1.29 is 49.0 Å². The third-order valence-corrected chi connectivity index (χ3v) is 13.6. The summed E-state index contributed by atoms with van der Waals surface area (Å²) < 4.78 is 25.6. The molecule has 2 aromatic rings. The van der Waals surface area contributed by atoms with E-state index < -0.39 is 65.8 Å². The monoisotopic (exact) mass is 860 g/mol. The average molecular weight is 860 g/mol. The van der Waals surface area contributed by atoms with Gasteiger partial charge in [-0.25, -0.2) is 0 Å².